The molecule has 1 aliphatic rings. The van der Waals surface area contributed by atoms with Crippen molar-refractivity contribution in [1.82, 2.24) is 14.9 Å². The first-order valence-electron chi connectivity index (χ1n) is 9.96. The summed E-state index contributed by atoms with van der Waals surface area (Å²) in [5.74, 6) is -2.29. The first-order chi connectivity index (χ1) is 14.9. The largest absolute Gasteiger partial charge is 0.459 e. The molecule has 4 rings (SSSR count). The monoisotopic (exact) mass is 419 g/mol. The standard InChI is InChI=1S/C23H21N3O5/c1-15-9-10-17-18(12-15)24-14-26(20(17)28)23(11-5-8-19(27)25-21(23)29)22(30)31-13-16-6-3-2-4-7-16/h2-4,6-7,9-10,12,14H,5,8,11,13H2,1H3,(H,25,27,29). The predicted octanol–water partition coefficient (Wildman–Crippen LogP) is 1.97. The second kappa shape index (κ2) is 8.14. The van der Waals surface area contributed by atoms with Gasteiger partial charge in [-0.1, -0.05) is 36.4 Å². The summed E-state index contributed by atoms with van der Waals surface area (Å²) in [7, 11) is 0. The Morgan fingerprint density at radius 3 is 2.71 bits per heavy atom. The van der Waals surface area contributed by atoms with Gasteiger partial charge in [-0.3, -0.25) is 24.3 Å². The molecule has 0 radical (unpaired) electrons. The van der Waals surface area contributed by atoms with Crippen LogP contribution in [0.5, 0.6) is 0 Å². The Hall–Kier alpha value is -3.81. The number of aryl methyl sites for hydroxylation is 1. The normalized spacial score (nSPS) is 19.0. The van der Waals surface area contributed by atoms with Crippen LogP contribution in [0.2, 0.25) is 0 Å². The lowest BCUT2D eigenvalue weighted by Crippen LogP contribution is -2.58. The lowest BCUT2D eigenvalue weighted by molar-refractivity contribution is -0.161. The van der Waals surface area contributed by atoms with Gasteiger partial charge in [0.2, 0.25) is 11.4 Å². The second-order valence-electron chi connectivity index (χ2n) is 7.59. The van der Waals surface area contributed by atoms with Gasteiger partial charge in [0.15, 0.2) is 0 Å². The fraction of sp³-hybridized carbons (Fsp3) is 0.261. The second-order valence-corrected chi connectivity index (χ2v) is 7.59. The molecule has 1 fully saturated rings. The summed E-state index contributed by atoms with van der Waals surface area (Å²) >= 11 is 0. The molecule has 0 aliphatic carbocycles. The van der Waals surface area contributed by atoms with E-state index in [0.29, 0.717) is 5.52 Å². The highest BCUT2D eigenvalue weighted by atomic mass is 16.5. The Morgan fingerprint density at radius 1 is 1.16 bits per heavy atom. The zero-order valence-corrected chi connectivity index (χ0v) is 17.0. The van der Waals surface area contributed by atoms with Crippen molar-refractivity contribution in [3.05, 3.63) is 76.3 Å². The molecule has 3 aromatic rings. The Labute approximate surface area is 177 Å². The van der Waals surface area contributed by atoms with E-state index in [0.717, 1.165) is 15.7 Å². The molecule has 1 N–H and O–H groups in total. The molecule has 8 nitrogen and oxygen atoms in total. The number of carbonyl (C=O) groups is 3. The van der Waals surface area contributed by atoms with Crippen molar-refractivity contribution in [2.24, 2.45) is 0 Å². The molecule has 2 amide bonds. The first-order valence-corrected chi connectivity index (χ1v) is 9.96. The highest BCUT2D eigenvalue weighted by Gasteiger charge is 2.51. The van der Waals surface area contributed by atoms with E-state index >= 15 is 0 Å². The van der Waals surface area contributed by atoms with Crippen LogP contribution in [0.3, 0.4) is 0 Å². The summed E-state index contributed by atoms with van der Waals surface area (Å²) in [6.45, 7) is 1.80. The quantitative estimate of drug-likeness (QED) is 0.394. The maximum atomic E-state index is 13.3. The number of rotatable bonds is 4. The number of benzene rings is 2. The highest BCUT2D eigenvalue weighted by molar-refractivity contribution is 6.11. The minimum Gasteiger partial charge on any atom is -0.459 e. The van der Waals surface area contributed by atoms with Gasteiger partial charge in [0.25, 0.3) is 11.5 Å². The highest BCUT2D eigenvalue weighted by Crippen LogP contribution is 2.28. The third kappa shape index (κ3) is 3.72. The number of hydrogen-bond donors (Lipinski definition) is 1. The van der Waals surface area contributed by atoms with Gasteiger partial charge in [0.05, 0.1) is 17.2 Å². The molecule has 1 aliphatic heterocycles. The zero-order valence-electron chi connectivity index (χ0n) is 17.0. The third-order valence-electron chi connectivity index (χ3n) is 5.45. The van der Waals surface area contributed by atoms with E-state index in [-0.39, 0.29) is 31.3 Å². The Kier molecular flexibility index (Phi) is 5.37. The van der Waals surface area contributed by atoms with Crippen LogP contribution >= 0.6 is 0 Å². The van der Waals surface area contributed by atoms with Crippen molar-refractivity contribution in [2.45, 2.75) is 38.3 Å². The molecular formula is C23H21N3O5. The summed E-state index contributed by atoms with van der Waals surface area (Å²) in [5, 5.41) is 2.50. The molecule has 1 saturated heterocycles. The van der Waals surface area contributed by atoms with E-state index in [9.17, 15) is 19.2 Å². The maximum absolute atomic E-state index is 13.3. The lowest BCUT2D eigenvalue weighted by Gasteiger charge is -2.30. The number of carbonyl (C=O) groups excluding carboxylic acids is 3. The fourth-order valence-corrected chi connectivity index (χ4v) is 3.78. The average Bonchev–Trinajstić information content (AvgIpc) is 2.91. The SMILES string of the molecule is Cc1ccc2c(=O)n(C3(C(=O)OCc4ccccc4)CCCC(=O)NC3=O)cnc2c1. The van der Waals surface area contributed by atoms with Crippen LogP contribution in [0.15, 0.2) is 59.7 Å². The molecule has 8 heteroatoms. The molecular weight excluding hydrogens is 398 g/mol. The van der Waals surface area contributed by atoms with E-state index in [2.05, 4.69) is 10.3 Å². The number of esters is 1. The lowest BCUT2D eigenvalue weighted by atomic mass is 9.91. The summed E-state index contributed by atoms with van der Waals surface area (Å²) in [5.41, 5.74) is -0.461. The van der Waals surface area contributed by atoms with Gasteiger partial charge in [-0.2, -0.15) is 0 Å². The summed E-state index contributed by atoms with van der Waals surface area (Å²) < 4.78 is 6.48. The Bertz CT molecular complexity index is 1230. The van der Waals surface area contributed by atoms with Crippen molar-refractivity contribution in [1.29, 1.82) is 0 Å². The average molecular weight is 419 g/mol. The van der Waals surface area contributed by atoms with Crippen molar-refractivity contribution < 1.29 is 19.1 Å². The number of nitrogens with one attached hydrogen (secondary N) is 1. The van der Waals surface area contributed by atoms with Crippen LogP contribution in [-0.4, -0.2) is 27.3 Å². The number of aromatic nitrogens is 2. The van der Waals surface area contributed by atoms with Gasteiger partial charge in [-0.25, -0.2) is 9.78 Å². The van der Waals surface area contributed by atoms with Gasteiger partial charge >= 0.3 is 5.97 Å². The molecule has 1 atom stereocenters. The molecule has 1 aromatic heterocycles. The van der Waals surface area contributed by atoms with Crippen LogP contribution in [0.1, 0.15) is 30.4 Å². The minimum atomic E-state index is -2.02. The molecule has 2 aromatic carbocycles. The summed E-state index contributed by atoms with van der Waals surface area (Å²) in [6.07, 6.45) is 1.42. The van der Waals surface area contributed by atoms with E-state index in [1.165, 1.54) is 6.33 Å². The van der Waals surface area contributed by atoms with Crippen LogP contribution in [-0.2, 0) is 31.3 Å². The topological polar surface area (TPSA) is 107 Å². The van der Waals surface area contributed by atoms with Gasteiger partial charge in [-0.15, -0.1) is 0 Å². The number of nitrogens with zero attached hydrogens (tertiary/aromatic N) is 2. The van der Waals surface area contributed by atoms with Crippen molar-refractivity contribution in [3.63, 3.8) is 0 Å². The van der Waals surface area contributed by atoms with Crippen LogP contribution in [0, 0.1) is 6.92 Å². The Morgan fingerprint density at radius 2 is 1.94 bits per heavy atom. The number of hydrogen-bond acceptors (Lipinski definition) is 6. The zero-order chi connectivity index (χ0) is 22.0. The molecule has 31 heavy (non-hydrogen) atoms. The molecule has 1 unspecified atom stereocenters. The van der Waals surface area contributed by atoms with Crippen LogP contribution < -0.4 is 10.9 Å². The van der Waals surface area contributed by atoms with Crippen LogP contribution in [0.25, 0.3) is 10.9 Å². The summed E-state index contributed by atoms with van der Waals surface area (Å²) in [6, 6.07) is 14.1. The van der Waals surface area contributed by atoms with Gasteiger partial charge < -0.3 is 4.74 Å². The van der Waals surface area contributed by atoms with Gasteiger partial charge in [-0.05, 0) is 43.0 Å². The molecule has 0 spiro atoms. The first kappa shape index (κ1) is 20.5. The number of imide groups is 1. The van der Waals surface area contributed by atoms with E-state index in [1.807, 2.05) is 13.0 Å². The number of ether oxygens (including phenoxy) is 1. The minimum absolute atomic E-state index is 0.0584. The molecule has 0 saturated carbocycles. The van der Waals surface area contributed by atoms with Crippen molar-refractivity contribution in [3.8, 4) is 0 Å². The number of fused-ring (bicyclic) bond motifs is 1. The number of amides is 2. The van der Waals surface area contributed by atoms with E-state index < -0.39 is 28.9 Å². The maximum Gasteiger partial charge on any atom is 0.342 e. The van der Waals surface area contributed by atoms with Crippen molar-refractivity contribution >= 4 is 28.7 Å². The van der Waals surface area contributed by atoms with E-state index in [4.69, 9.17) is 4.74 Å². The van der Waals surface area contributed by atoms with Gasteiger partial charge in [0, 0.05) is 6.42 Å². The predicted molar refractivity (Wildman–Crippen MR) is 112 cm³/mol. The van der Waals surface area contributed by atoms with Crippen LogP contribution in [0.4, 0.5) is 0 Å². The Balaban J connectivity index is 1.82. The smallest absolute Gasteiger partial charge is 0.342 e. The molecule has 158 valence electrons. The van der Waals surface area contributed by atoms with Crippen molar-refractivity contribution in [2.75, 3.05) is 0 Å². The van der Waals surface area contributed by atoms with Gasteiger partial charge in [0.1, 0.15) is 6.61 Å². The van der Waals surface area contributed by atoms with E-state index in [1.54, 1.807) is 42.5 Å². The molecule has 0 bridgehead atoms. The third-order valence-corrected chi connectivity index (χ3v) is 5.45. The summed E-state index contributed by atoms with van der Waals surface area (Å²) in [4.78, 5) is 56.0. The fourth-order valence-electron chi connectivity index (χ4n) is 3.78. The molecule has 2 heterocycles.